The summed E-state index contributed by atoms with van der Waals surface area (Å²) in [6.07, 6.45) is 9.29. The van der Waals surface area contributed by atoms with E-state index in [0.717, 1.165) is 0 Å². The summed E-state index contributed by atoms with van der Waals surface area (Å²) in [4.78, 5) is 0. The smallest absolute Gasteiger partial charge is 0.0149 e. The fourth-order valence-electron chi connectivity index (χ4n) is 4.52. The van der Waals surface area contributed by atoms with Gasteiger partial charge in [0.15, 0.2) is 0 Å². The van der Waals surface area contributed by atoms with Crippen molar-refractivity contribution in [3.8, 4) is 0 Å². The Morgan fingerprint density at radius 3 is 1.00 bits per heavy atom. The highest BCUT2D eigenvalue weighted by molar-refractivity contribution is 5.83. The summed E-state index contributed by atoms with van der Waals surface area (Å²) in [7, 11) is 0. The molecule has 0 aliphatic carbocycles. The van der Waals surface area contributed by atoms with Gasteiger partial charge in [0.1, 0.15) is 0 Å². The van der Waals surface area contributed by atoms with Gasteiger partial charge in [-0.25, -0.2) is 0 Å². The molecule has 5 aromatic rings. The van der Waals surface area contributed by atoms with E-state index >= 15 is 0 Å². The Labute approximate surface area is 220 Å². The van der Waals surface area contributed by atoms with E-state index in [1.807, 2.05) is 0 Å². The Kier molecular flexibility index (Phi) is 8.01. The van der Waals surface area contributed by atoms with Gasteiger partial charge >= 0.3 is 0 Å². The normalized spacial score (nSPS) is 10.8. The summed E-state index contributed by atoms with van der Waals surface area (Å²) in [5.74, 6) is 0.0611. The monoisotopic (exact) mass is 474 g/mol. The van der Waals surface area contributed by atoms with Crippen LogP contribution < -0.4 is 0 Å². The maximum Gasteiger partial charge on any atom is 0.0149 e. The molecule has 0 atom stereocenters. The molecule has 0 heteroatoms. The van der Waals surface area contributed by atoms with Gasteiger partial charge in [0.25, 0.3) is 0 Å². The standard InChI is InChI=1S/C37H30/c1-6-16-30(17-7-1)26-27-31(28-36(32-18-8-2-9-19-32)33-20-10-3-11-21-33)29-37(34-22-12-4-13-23-34)35-24-14-5-15-25-35/h1-29,31H/b27-26+. The van der Waals surface area contributed by atoms with Crippen LogP contribution in [0.1, 0.15) is 27.8 Å². The first-order valence-corrected chi connectivity index (χ1v) is 12.8. The molecule has 0 spiro atoms. The van der Waals surface area contributed by atoms with Gasteiger partial charge in [0, 0.05) is 5.92 Å². The van der Waals surface area contributed by atoms with E-state index in [-0.39, 0.29) is 5.92 Å². The second-order valence-corrected chi connectivity index (χ2v) is 8.97. The molecule has 0 aliphatic heterocycles. The lowest BCUT2D eigenvalue weighted by atomic mass is 9.89. The molecular formula is C37H30. The van der Waals surface area contributed by atoms with Crippen LogP contribution in [0.15, 0.2) is 170 Å². The van der Waals surface area contributed by atoms with Crippen LogP contribution in [0.25, 0.3) is 17.2 Å². The summed E-state index contributed by atoms with van der Waals surface area (Å²) in [6, 6.07) is 53.2. The van der Waals surface area contributed by atoms with E-state index < -0.39 is 0 Å². The summed E-state index contributed by atoms with van der Waals surface area (Å²) in [6.45, 7) is 0. The lowest BCUT2D eigenvalue weighted by Gasteiger charge is -2.15. The van der Waals surface area contributed by atoms with E-state index in [1.54, 1.807) is 0 Å². The van der Waals surface area contributed by atoms with Crippen LogP contribution in [-0.4, -0.2) is 0 Å². The number of allylic oxidation sites excluding steroid dienone is 3. The van der Waals surface area contributed by atoms with Crippen LogP contribution in [0, 0.1) is 5.92 Å². The molecule has 0 radical (unpaired) electrons. The van der Waals surface area contributed by atoms with Crippen molar-refractivity contribution in [1.29, 1.82) is 0 Å². The lowest BCUT2D eigenvalue weighted by Crippen LogP contribution is -1.97. The number of rotatable bonds is 8. The van der Waals surface area contributed by atoms with Gasteiger partial charge in [0.05, 0.1) is 0 Å². The second kappa shape index (κ2) is 12.3. The fourth-order valence-corrected chi connectivity index (χ4v) is 4.52. The predicted octanol–water partition coefficient (Wildman–Crippen LogP) is 9.58. The lowest BCUT2D eigenvalue weighted by molar-refractivity contribution is 1.08. The van der Waals surface area contributed by atoms with Crippen LogP contribution in [-0.2, 0) is 0 Å². The second-order valence-electron chi connectivity index (χ2n) is 8.97. The molecule has 0 saturated heterocycles. The first-order valence-electron chi connectivity index (χ1n) is 12.8. The Bertz CT molecular complexity index is 1290. The Hall–Kier alpha value is -4.68. The van der Waals surface area contributed by atoms with Gasteiger partial charge in [-0.15, -0.1) is 0 Å². The van der Waals surface area contributed by atoms with E-state index in [0.29, 0.717) is 0 Å². The third-order valence-electron chi connectivity index (χ3n) is 6.37. The molecule has 0 heterocycles. The average Bonchev–Trinajstić information content (AvgIpc) is 2.99. The first-order chi connectivity index (χ1) is 18.4. The third kappa shape index (κ3) is 6.51. The Balaban J connectivity index is 1.68. The molecule has 0 aromatic heterocycles. The highest BCUT2D eigenvalue weighted by atomic mass is 14.2. The molecule has 0 nitrogen and oxygen atoms in total. The molecule has 5 aromatic carbocycles. The topological polar surface area (TPSA) is 0 Å². The van der Waals surface area contributed by atoms with E-state index in [4.69, 9.17) is 0 Å². The molecule has 0 saturated carbocycles. The largest absolute Gasteiger partial charge is 0.0732 e. The molecular weight excluding hydrogens is 444 g/mol. The van der Waals surface area contributed by atoms with Gasteiger partial charge in [-0.1, -0.05) is 176 Å². The average molecular weight is 475 g/mol. The van der Waals surface area contributed by atoms with Crippen LogP contribution >= 0.6 is 0 Å². The van der Waals surface area contributed by atoms with Crippen molar-refractivity contribution in [2.45, 2.75) is 0 Å². The number of hydrogen-bond acceptors (Lipinski definition) is 0. The number of benzene rings is 5. The molecule has 0 bridgehead atoms. The molecule has 5 rings (SSSR count). The molecule has 0 unspecified atom stereocenters. The highest BCUT2D eigenvalue weighted by Gasteiger charge is 2.11. The maximum absolute atomic E-state index is 2.38. The van der Waals surface area contributed by atoms with Gasteiger partial charge in [-0.05, 0) is 39.0 Å². The molecule has 0 fully saturated rings. The van der Waals surface area contributed by atoms with Crippen LogP contribution in [0.5, 0.6) is 0 Å². The first kappa shape index (κ1) is 24.0. The zero-order valence-corrected chi connectivity index (χ0v) is 20.8. The van der Waals surface area contributed by atoms with Crippen LogP contribution in [0.2, 0.25) is 0 Å². The van der Waals surface area contributed by atoms with Crippen molar-refractivity contribution < 1.29 is 0 Å². The minimum Gasteiger partial charge on any atom is -0.0732 e. The summed E-state index contributed by atoms with van der Waals surface area (Å²) in [5, 5.41) is 0. The molecule has 37 heavy (non-hydrogen) atoms. The van der Waals surface area contributed by atoms with Crippen molar-refractivity contribution in [3.63, 3.8) is 0 Å². The van der Waals surface area contributed by atoms with Crippen molar-refractivity contribution in [3.05, 3.63) is 198 Å². The number of hydrogen-bond donors (Lipinski definition) is 0. The zero-order chi connectivity index (χ0) is 25.1. The van der Waals surface area contributed by atoms with Gasteiger partial charge in [0.2, 0.25) is 0 Å². The van der Waals surface area contributed by atoms with Gasteiger partial charge in [-0.2, -0.15) is 0 Å². The van der Waals surface area contributed by atoms with Crippen LogP contribution in [0.4, 0.5) is 0 Å². The van der Waals surface area contributed by atoms with Gasteiger partial charge < -0.3 is 0 Å². The van der Waals surface area contributed by atoms with E-state index in [1.165, 1.54) is 39.0 Å². The quantitative estimate of drug-likeness (QED) is 0.210. The van der Waals surface area contributed by atoms with Crippen molar-refractivity contribution >= 4 is 17.2 Å². The van der Waals surface area contributed by atoms with E-state index in [9.17, 15) is 0 Å². The van der Waals surface area contributed by atoms with E-state index in [2.05, 4.69) is 176 Å². The molecule has 0 amide bonds. The predicted molar refractivity (Wildman–Crippen MR) is 159 cm³/mol. The molecule has 0 N–H and O–H groups in total. The summed E-state index contributed by atoms with van der Waals surface area (Å²) in [5.41, 5.74) is 8.47. The van der Waals surface area contributed by atoms with Crippen LogP contribution in [0.3, 0.4) is 0 Å². The Morgan fingerprint density at radius 1 is 0.378 bits per heavy atom. The fraction of sp³-hybridized carbons (Fsp3) is 0.0270. The minimum absolute atomic E-state index is 0.0611. The third-order valence-corrected chi connectivity index (χ3v) is 6.37. The zero-order valence-electron chi connectivity index (χ0n) is 20.8. The highest BCUT2D eigenvalue weighted by Crippen LogP contribution is 2.30. The maximum atomic E-state index is 2.38. The van der Waals surface area contributed by atoms with Crippen molar-refractivity contribution in [2.24, 2.45) is 5.92 Å². The Morgan fingerprint density at radius 2 is 0.676 bits per heavy atom. The molecule has 178 valence electrons. The van der Waals surface area contributed by atoms with Crippen molar-refractivity contribution in [2.75, 3.05) is 0 Å². The summed E-state index contributed by atoms with van der Waals surface area (Å²) >= 11 is 0. The molecule has 0 aliphatic rings. The minimum atomic E-state index is 0.0611. The summed E-state index contributed by atoms with van der Waals surface area (Å²) < 4.78 is 0. The van der Waals surface area contributed by atoms with Crippen molar-refractivity contribution in [1.82, 2.24) is 0 Å². The van der Waals surface area contributed by atoms with Gasteiger partial charge in [-0.3, -0.25) is 0 Å². The SMILES string of the molecule is C(=C(c1ccccc1)c1ccccc1)C(C=C(c1ccccc1)c1ccccc1)/C=C/c1ccccc1.